The van der Waals surface area contributed by atoms with Crippen molar-refractivity contribution in [1.82, 2.24) is 0 Å². The van der Waals surface area contributed by atoms with Gasteiger partial charge in [-0.15, -0.1) is 0 Å². The standard InChI is InChI=1S/C10H18O.C3H6O2/c1-2-3-4-6-9-7-5-8-10(9)11;1-2-5-3-4/h9H,2-8H2,1H3;3H,2H2,1H3. The average Bonchev–Trinajstić information content (AvgIpc) is 2.67. The van der Waals surface area contributed by atoms with Gasteiger partial charge in [-0.25, -0.2) is 0 Å². The van der Waals surface area contributed by atoms with Crippen molar-refractivity contribution in [2.24, 2.45) is 5.92 Å². The van der Waals surface area contributed by atoms with E-state index in [1.807, 2.05) is 0 Å². The van der Waals surface area contributed by atoms with E-state index >= 15 is 0 Å². The minimum Gasteiger partial charge on any atom is -0.468 e. The molecule has 0 radical (unpaired) electrons. The normalized spacial score (nSPS) is 18.9. The maximum absolute atomic E-state index is 11.2. The van der Waals surface area contributed by atoms with Crippen molar-refractivity contribution in [2.75, 3.05) is 6.61 Å². The first kappa shape index (κ1) is 15.1. The van der Waals surface area contributed by atoms with Gasteiger partial charge in [-0.1, -0.05) is 26.2 Å². The summed E-state index contributed by atoms with van der Waals surface area (Å²) in [5, 5.41) is 0. The monoisotopic (exact) mass is 228 g/mol. The topological polar surface area (TPSA) is 43.4 Å². The zero-order valence-corrected chi connectivity index (χ0v) is 10.5. The Morgan fingerprint density at radius 2 is 2.12 bits per heavy atom. The predicted octanol–water partition coefficient (Wildman–Crippen LogP) is 3.12. The molecule has 0 N–H and O–H groups in total. The van der Waals surface area contributed by atoms with Gasteiger partial charge in [0.2, 0.25) is 0 Å². The Hall–Kier alpha value is -0.860. The Bertz CT molecular complexity index is 190. The molecule has 0 aliphatic heterocycles. The zero-order valence-electron chi connectivity index (χ0n) is 10.5. The van der Waals surface area contributed by atoms with E-state index < -0.39 is 0 Å². The van der Waals surface area contributed by atoms with Gasteiger partial charge < -0.3 is 4.74 Å². The highest BCUT2D eigenvalue weighted by Crippen LogP contribution is 2.25. The van der Waals surface area contributed by atoms with E-state index in [9.17, 15) is 9.59 Å². The Balaban J connectivity index is 0.000000385. The molecule has 0 aromatic carbocycles. The molecular weight excluding hydrogens is 204 g/mol. The zero-order chi connectivity index (χ0) is 12.2. The van der Waals surface area contributed by atoms with Gasteiger partial charge in [-0.2, -0.15) is 0 Å². The molecule has 1 atom stereocenters. The van der Waals surface area contributed by atoms with E-state index in [1.54, 1.807) is 6.92 Å². The lowest BCUT2D eigenvalue weighted by Gasteiger charge is -2.05. The van der Waals surface area contributed by atoms with Gasteiger partial charge in [0.15, 0.2) is 0 Å². The first-order valence-corrected chi connectivity index (χ1v) is 6.34. The smallest absolute Gasteiger partial charge is 0.293 e. The highest BCUT2D eigenvalue weighted by Gasteiger charge is 2.22. The molecule has 16 heavy (non-hydrogen) atoms. The van der Waals surface area contributed by atoms with E-state index in [-0.39, 0.29) is 0 Å². The summed E-state index contributed by atoms with van der Waals surface area (Å²) in [7, 11) is 0. The first-order chi connectivity index (χ1) is 7.76. The molecule has 1 aliphatic rings. The quantitative estimate of drug-likeness (QED) is 0.518. The second-order valence-electron chi connectivity index (χ2n) is 4.10. The highest BCUT2D eigenvalue weighted by atomic mass is 16.5. The van der Waals surface area contributed by atoms with Crippen LogP contribution in [-0.4, -0.2) is 18.9 Å². The molecular formula is C13H24O3. The van der Waals surface area contributed by atoms with Gasteiger partial charge in [-0.3, -0.25) is 9.59 Å². The number of hydrogen-bond acceptors (Lipinski definition) is 3. The van der Waals surface area contributed by atoms with Crippen LogP contribution in [0.2, 0.25) is 0 Å². The number of rotatable bonds is 6. The number of hydrogen-bond donors (Lipinski definition) is 0. The van der Waals surface area contributed by atoms with E-state index in [0.29, 0.717) is 24.8 Å². The lowest BCUT2D eigenvalue weighted by atomic mass is 9.99. The molecule has 1 saturated carbocycles. The van der Waals surface area contributed by atoms with Crippen LogP contribution in [0.4, 0.5) is 0 Å². The maximum atomic E-state index is 11.2. The Kier molecular flexibility index (Phi) is 10.1. The molecule has 0 heterocycles. The third-order valence-corrected chi connectivity index (χ3v) is 2.82. The molecule has 1 aliphatic carbocycles. The first-order valence-electron chi connectivity index (χ1n) is 6.34. The summed E-state index contributed by atoms with van der Waals surface area (Å²) >= 11 is 0. The lowest BCUT2D eigenvalue weighted by Crippen LogP contribution is -2.05. The van der Waals surface area contributed by atoms with Crippen LogP contribution in [0.15, 0.2) is 0 Å². The molecule has 1 rings (SSSR count). The van der Waals surface area contributed by atoms with Gasteiger partial charge in [0.05, 0.1) is 6.61 Å². The molecule has 94 valence electrons. The Morgan fingerprint density at radius 3 is 2.50 bits per heavy atom. The van der Waals surface area contributed by atoms with E-state index in [2.05, 4.69) is 11.7 Å². The molecule has 0 bridgehead atoms. The van der Waals surface area contributed by atoms with E-state index in [1.165, 1.54) is 25.7 Å². The van der Waals surface area contributed by atoms with Crippen LogP contribution in [0.1, 0.15) is 58.8 Å². The number of ether oxygens (including phenoxy) is 1. The number of Topliss-reactive ketones (excluding diaryl/α,β-unsaturated/α-hetero) is 1. The molecule has 1 unspecified atom stereocenters. The van der Waals surface area contributed by atoms with Crippen LogP contribution in [0.5, 0.6) is 0 Å². The summed E-state index contributed by atoms with van der Waals surface area (Å²) in [5.74, 6) is 0.975. The van der Waals surface area contributed by atoms with Crippen molar-refractivity contribution >= 4 is 12.3 Å². The predicted molar refractivity (Wildman–Crippen MR) is 64.2 cm³/mol. The second-order valence-corrected chi connectivity index (χ2v) is 4.10. The van der Waals surface area contributed by atoms with Crippen LogP contribution in [-0.2, 0) is 14.3 Å². The molecule has 0 saturated heterocycles. The fourth-order valence-corrected chi connectivity index (χ4v) is 1.90. The lowest BCUT2D eigenvalue weighted by molar-refractivity contribution is -0.128. The fourth-order valence-electron chi connectivity index (χ4n) is 1.90. The summed E-state index contributed by atoms with van der Waals surface area (Å²) in [6.07, 6.45) is 8.15. The Labute approximate surface area is 98.6 Å². The molecule has 0 amide bonds. The third kappa shape index (κ3) is 7.43. The van der Waals surface area contributed by atoms with Crippen LogP contribution in [0.3, 0.4) is 0 Å². The van der Waals surface area contributed by atoms with Crippen molar-refractivity contribution < 1.29 is 14.3 Å². The minimum atomic E-state index is 0.431. The SMILES string of the molecule is CCCCCC1CCCC1=O.CCOC=O. The fraction of sp³-hybridized carbons (Fsp3) is 0.846. The largest absolute Gasteiger partial charge is 0.468 e. The van der Waals surface area contributed by atoms with Crippen molar-refractivity contribution in [1.29, 1.82) is 0 Å². The average molecular weight is 228 g/mol. The molecule has 0 aromatic heterocycles. The van der Waals surface area contributed by atoms with Crippen molar-refractivity contribution in [3.63, 3.8) is 0 Å². The molecule has 1 fully saturated rings. The molecule has 3 heteroatoms. The Morgan fingerprint density at radius 1 is 1.38 bits per heavy atom. The molecule has 3 nitrogen and oxygen atoms in total. The van der Waals surface area contributed by atoms with Gasteiger partial charge in [0.1, 0.15) is 5.78 Å². The van der Waals surface area contributed by atoms with Crippen molar-refractivity contribution in [3.8, 4) is 0 Å². The summed E-state index contributed by atoms with van der Waals surface area (Å²) in [5.41, 5.74) is 0. The summed E-state index contributed by atoms with van der Waals surface area (Å²) in [6.45, 7) is 4.87. The van der Waals surface area contributed by atoms with Gasteiger partial charge in [-0.05, 0) is 26.2 Å². The number of carbonyl (C=O) groups excluding carboxylic acids is 2. The van der Waals surface area contributed by atoms with Crippen LogP contribution < -0.4 is 0 Å². The summed E-state index contributed by atoms with van der Waals surface area (Å²) in [6, 6.07) is 0. The maximum Gasteiger partial charge on any atom is 0.293 e. The molecule has 0 aromatic rings. The highest BCUT2D eigenvalue weighted by molar-refractivity contribution is 5.82. The van der Waals surface area contributed by atoms with Crippen molar-refractivity contribution in [2.45, 2.75) is 58.8 Å². The third-order valence-electron chi connectivity index (χ3n) is 2.82. The minimum absolute atomic E-state index is 0.431. The van der Waals surface area contributed by atoms with Gasteiger partial charge in [0, 0.05) is 12.3 Å². The van der Waals surface area contributed by atoms with Crippen LogP contribution >= 0.6 is 0 Å². The van der Waals surface area contributed by atoms with E-state index in [0.717, 1.165) is 19.3 Å². The molecule has 0 spiro atoms. The number of ketones is 1. The van der Waals surface area contributed by atoms with Gasteiger partial charge in [0.25, 0.3) is 6.47 Å². The summed E-state index contributed by atoms with van der Waals surface area (Å²) < 4.78 is 4.15. The second kappa shape index (κ2) is 10.7. The summed E-state index contributed by atoms with van der Waals surface area (Å²) in [4.78, 5) is 20.4. The number of carbonyl (C=O) groups is 2. The van der Waals surface area contributed by atoms with Crippen molar-refractivity contribution in [3.05, 3.63) is 0 Å². The van der Waals surface area contributed by atoms with E-state index in [4.69, 9.17) is 0 Å². The number of unbranched alkanes of at least 4 members (excludes halogenated alkanes) is 2. The van der Waals surface area contributed by atoms with Gasteiger partial charge >= 0.3 is 0 Å². The van der Waals surface area contributed by atoms with Crippen LogP contribution in [0.25, 0.3) is 0 Å². The van der Waals surface area contributed by atoms with Crippen LogP contribution in [0, 0.1) is 5.92 Å².